The summed E-state index contributed by atoms with van der Waals surface area (Å²) in [6, 6.07) is 11.9. The van der Waals surface area contributed by atoms with E-state index in [9.17, 15) is 4.79 Å². The van der Waals surface area contributed by atoms with Gasteiger partial charge >= 0.3 is 0 Å². The van der Waals surface area contributed by atoms with E-state index in [1.54, 1.807) is 0 Å². The van der Waals surface area contributed by atoms with Crippen LogP contribution in [0.15, 0.2) is 40.9 Å². The van der Waals surface area contributed by atoms with E-state index in [2.05, 4.69) is 59.5 Å². The Kier molecular flexibility index (Phi) is 5.61. The molecule has 4 heteroatoms. The molecule has 2 aromatic carbocycles. The van der Waals surface area contributed by atoms with Crippen molar-refractivity contribution in [2.24, 2.45) is 0 Å². The highest BCUT2D eigenvalue weighted by atomic mass is 79.9. The average Bonchev–Trinajstić information content (AvgIpc) is 2.41. The number of benzene rings is 2. The first-order valence-electron chi connectivity index (χ1n) is 7.33. The SMILES string of the molecule is Cc1cc(C)c(NCCC(=O)Nc2cccc(Br)c2)c(C)c1. The van der Waals surface area contributed by atoms with Gasteiger partial charge in [-0.15, -0.1) is 0 Å². The third kappa shape index (κ3) is 4.60. The quantitative estimate of drug-likeness (QED) is 0.802. The van der Waals surface area contributed by atoms with E-state index in [4.69, 9.17) is 0 Å². The molecule has 0 saturated carbocycles. The first-order chi connectivity index (χ1) is 10.5. The fourth-order valence-electron chi connectivity index (χ4n) is 2.55. The van der Waals surface area contributed by atoms with Crippen molar-refractivity contribution >= 4 is 33.2 Å². The molecule has 0 atom stereocenters. The van der Waals surface area contributed by atoms with Crippen molar-refractivity contribution in [3.05, 3.63) is 57.6 Å². The average molecular weight is 361 g/mol. The van der Waals surface area contributed by atoms with Crippen molar-refractivity contribution in [1.82, 2.24) is 0 Å². The Balaban J connectivity index is 1.87. The Morgan fingerprint density at radius 2 is 1.77 bits per heavy atom. The van der Waals surface area contributed by atoms with Gasteiger partial charge in [0.1, 0.15) is 0 Å². The summed E-state index contributed by atoms with van der Waals surface area (Å²) in [7, 11) is 0. The fraction of sp³-hybridized carbons (Fsp3) is 0.278. The molecule has 2 N–H and O–H groups in total. The van der Waals surface area contributed by atoms with Crippen molar-refractivity contribution in [3.63, 3.8) is 0 Å². The Bertz CT molecular complexity index is 660. The molecule has 22 heavy (non-hydrogen) atoms. The Morgan fingerprint density at radius 3 is 2.41 bits per heavy atom. The Hall–Kier alpha value is -1.81. The summed E-state index contributed by atoms with van der Waals surface area (Å²) < 4.78 is 0.953. The second kappa shape index (κ2) is 7.45. The van der Waals surface area contributed by atoms with Crippen LogP contribution >= 0.6 is 15.9 Å². The van der Waals surface area contributed by atoms with Crippen LogP contribution in [0, 0.1) is 20.8 Å². The molecule has 0 aliphatic carbocycles. The van der Waals surface area contributed by atoms with Crippen LogP contribution in [0.5, 0.6) is 0 Å². The molecule has 0 unspecified atom stereocenters. The first-order valence-corrected chi connectivity index (χ1v) is 8.12. The number of rotatable bonds is 5. The molecule has 0 aliphatic rings. The van der Waals surface area contributed by atoms with Crippen molar-refractivity contribution in [1.29, 1.82) is 0 Å². The third-order valence-electron chi connectivity index (χ3n) is 3.44. The predicted octanol–water partition coefficient (Wildman–Crippen LogP) is 4.82. The summed E-state index contributed by atoms with van der Waals surface area (Å²) in [5.74, 6) is 0.00742. The standard InChI is InChI=1S/C18H21BrN2O/c1-12-9-13(2)18(14(3)10-12)20-8-7-17(22)21-16-6-4-5-15(19)11-16/h4-6,9-11,20H,7-8H2,1-3H3,(H,21,22). The van der Waals surface area contributed by atoms with Gasteiger partial charge in [0.05, 0.1) is 0 Å². The number of carbonyl (C=O) groups excluding carboxylic acids is 1. The van der Waals surface area contributed by atoms with Crippen molar-refractivity contribution in [2.75, 3.05) is 17.2 Å². The van der Waals surface area contributed by atoms with Crippen LogP contribution in [0.25, 0.3) is 0 Å². The maximum atomic E-state index is 12.0. The zero-order valence-electron chi connectivity index (χ0n) is 13.2. The van der Waals surface area contributed by atoms with E-state index in [1.807, 2.05) is 24.3 Å². The summed E-state index contributed by atoms with van der Waals surface area (Å²) in [4.78, 5) is 12.0. The highest BCUT2D eigenvalue weighted by Crippen LogP contribution is 2.22. The van der Waals surface area contributed by atoms with Crippen LogP contribution in [0.1, 0.15) is 23.1 Å². The molecule has 0 bridgehead atoms. The zero-order chi connectivity index (χ0) is 16.1. The van der Waals surface area contributed by atoms with E-state index in [0.29, 0.717) is 13.0 Å². The number of hydrogen-bond donors (Lipinski definition) is 2. The molecular formula is C18H21BrN2O. The summed E-state index contributed by atoms with van der Waals surface area (Å²) in [6.07, 6.45) is 0.430. The highest BCUT2D eigenvalue weighted by molar-refractivity contribution is 9.10. The van der Waals surface area contributed by atoms with Gasteiger partial charge in [-0.1, -0.05) is 39.7 Å². The fourth-order valence-corrected chi connectivity index (χ4v) is 2.95. The minimum Gasteiger partial charge on any atom is -0.384 e. The lowest BCUT2D eigenvalue weighted by Gasteiger charge is -2.14. The minimum atomic E-state index is 0.00742. The normalized spacial score (nSPS) is 10.4. The first kappa shape index (κ1) is 16.6. The maximum Gasteiger partial charge on any atom is 0.226 e. The van der Waals surface area contributed by atoms with E-state index >= 15 is 0 Å². The molecule has 0 fully saturated rings. The monoisotopic (exact) mass is 360 g/mol. The van der Waals surface area contributed by atoms with Crippen molar-refractivity contribution in [2.45, 2.75) is 27.2 Å². The van der Waals surface area contributed by atoms with Gasteiger partial charge in [-0.3, -0.25) is 4.79 Å². The van der Waals surface area contributed by atoms with Gasteiger partial charge in [0.2, 0.25) is 5.91 Å². The van der Waals surface area contributed by atoms with Crippen LogP contribution < -0.4 is 10.6 Å². The van der Waals surface area contributed by atoms with Gasteiger partial charge in [0.15, 0.2) is 0 Å². The molecular weight excluding hydrogens is 340 g/mol. The van der Waals surface area contributed by atoms with Gasteiger partial charge in [-0.25, -0.2) is 0 Å². The number of carbonyl (C=O) groups is 1. The lowest BCUT2D eigenvalue weighted by atomic mass is 10.1. The van der Waals surface area contributed by atoms with Gasteiger partial charge in [0.25, 0.3) is 0 Å². The lowest BCUT2D eigenvalue weighted by molar-refractivity contribution is -0.115. The highest BCUT2D eigenvalue weighted by Gasteiger charge is 2.06. The molecule has 0 heterocycles. The summed E-state index contributed by atoms with van der Waals surface area (Å²) in [5.41, 5.74) is 5.62. The Morgan fingerprint density at radius 1 is 1.09 bits per heavy atom. The minimum absolute atomic E-state index is 0.00742. The molecule has 0 aromatic heterocycles. The van der Waals surface area contributed by atoms with Gasteiger partial charge in [-0.2, -0.15) is 0 Å². The van der Waals surface area contributed by atoms with Crippen molar-refractivity contribution in [3.8, 4) is 0 Å². The summed E-state index contributed by atoms with van der Waals surface area (Å²) in [5, 5.41) is 6.26. The van der Waals surface area contributed by atoms with E-state index in [-0.39, 0.29) is 5.91 Å². The van der Waals surface area contributed by atoms with Crippen molar-refractivity contribution < 1.29 is 4.79 Å². The smallest absolute Gasteiger partial charge is 0.226 e. The second-order valence-electron chi connectivity index (χ2n) is 5.51. The Labute approximate surface area is 140 Å². The van der Waals surface area contributed by atoms with Crippen LogP contribution in [-0.2, 0) is 4.79 Å². The number of amides is 1. The van der Waals surface area contributed by atoms with Crippen LogP contribution in [0.4, 0.5) is 11.4 Å². The number of anilines is 2. The van der Waals surface area contributed by atoms with E-state index < -0.39 is 0 Å². The molecule has 116 valence electrons. The maximum absolute atomic E-state index is 12.0. The molecule has 0 spiro atoms. The topological polar surface area (TPSA) is 41.1 Å². The molecule has 0 radical (unpaired) electrons. The van der Waals surface area contributed by atoms with Gasteiger partial charge in [-0.05, 0) is 50.1 Å². The molecule has 0 saturated heterocycles. The van der Waals surface area contributed by atoms with Crippen LogP contribution in [-0.4, -0.2) is 12.5 Å². The number of nitrogens with one attached hydrogen (secondary N) is 2. The van der Waals surface area contributed by atoms with E-state index in [1.165, 1.54) is 16.7 Å². The largest absolute Gasteiger partial charge is 0.384 e. The molecule has 2 rings (SSSR count). The number of halogens is 1. The van der Waals surface area contributed by atoms with Crippen LogP contribution in [0.2, 0.25) is 0 Å². The molecule has 0 aliphatic heterocycles. The summed E-state index contributed by atoms with van der Waals surface area (Å²) >= 11 is 3.39. The van der Waals surface area contributed by atoms with Gasteiger partial charge in [0, 0.05) is 28.8 Å². The molecule has 3 nitrogen and oxygen atoms in total. The third-order valence-corrected chi connectivity index (χ3v) is 3.93. The van der Waals surface area contributed by atoms with E-state index in [0.717, 1.165) is 15.8 Å². The zero-order valence-corrected chi connectivity index (χ0v) is 14.8. The van der Waals surface area contributed by atoms with Gasteiger partial charge < -0.3 is 10.6 Å². The predicted molar refractivity (Wildman–Crippen MR) is 96.5 cm³/mol. The lowest BCUT2D eigenvalue weighted by Crippen LogP contribution is -2.16. The second-order valence-corrected chi connectivity index (χ2v) is 6.42. The number of hydrogen-bond acceptors (Lipinski definition) is 2. The molecule has 1 amide bonds. The number of aryl methyl sites for hydroxylation is 3. The molecule has 2 aromatic rings. The summed E-state index contributed by atoms with van der Waals surface area (Å²) in [6.45, 7) is 6.88. The van der Waals surface area contributed by atoms with Crippen LogP contribution in [0.3, 0.4) is 0 Å².